The molecule has 1 amide bonds. The van der Waals surface area contributed by atoms with E-state index in [0.717, 1.165) is 21.6 Å². The van der Waals surface area contributed by atoms with Crippen LogP contribution in [0, 0.1) is 6.92 Å². The molecule has 2 heterocycles. The fourth-order valence-corrected chi connectivity index (χ4v) is 3.08. The Hall–Kier alpha value is -2.14. The number of aromatic amines is 1. The molecule has 1 atom stereocenters. The second-order valence-corrected chi connectivity index (χ2v) is 6.10. The molecule has 5 heteroatoms. The Morgan fingerprint density at radius 2 is 2.24 bits per heavy atom. The number of carbonyl (C=O) groups excluding carboxylic acids is 1. The van der Waals surface area contributed by atoms with Gasteiger partial charge in [0.15, 0.2) is 0 Å². The molecule has 0 aliphatic rings. The summed E-state index contributed by atoms with van der Waals surface area (Å²) in [4.78, 5) is 19.8. The van der Waals surface area contributed by atoms with E-state index < -0.39 is 0 Å². The Kier molecular flexibility index (Phi) is 3.75. The van der Waals surface area contributed by atoms with E-state index in [-0.39, 0.29) is 11.8 Å². The van der Waals surface area contributed by atoms with Crippen LogP contribution < -0.4 is 5.32 Å². The molecule has 3 aromatic rings. The molecule has 3 rings (SSSR count). The zero-order valence-corrected chi connectivity index (χ0v) is 12.8. The first kappa shape index (κ1) is 13.8. The van der Waals surface area contributed by atoms with Crippen molar-refractivity contribution in [2.24, 2.45) is 0 Å². The molecule has 0 bridgehead atoms. The topological polar surface area (TPSA) is 57.8 Å². The van der Waals surface area contributed by atoms with Gasteiger partial charge in [0.1, 0.15) is 5.69 Å². The van der Waals surface area contributed by atoms with Gasteiger partial charge in [-0.15, -0.1) is 11.3 Å². The van der Waals surface area contributed by atoms with Gasteiger partial charge in [0, 0.05) is 34.4 Å². The van der Waals surface area contributed by atoms with Crippen LogP contribution in [0.15, 0.2) is 35.7 Å². The van der Waals surface area contributed by atoms with Gasteiger partial charge in [-0.2, -0.15) is 0 Å². The maximum absolute atomic E-state index is 12.2. The standard InChI is InChI=1S/C16H17N3OS/c1-10(16-18-11(2)9-21-16)8-17-15(20)14-7-12-5-3-4-6-13(12)19-14/h3-7,9-10,19H,8H2,1-2H3,(H,17,20)/t10-/m0/s1. The van der Waals surface area contributed by atoms with Crippen molar-refractivity contribution >= 4 is 28.1 Å². The van der Waals surface area contributed by atoms with E-state index in [1.54, 1.807) is 11.3 Å². The number of aryl methyl sites for hydroxylation is 1. The molecule has 21 heavy (non-hydrogen) atoms. The lowest BCUT2D eigenvalue weighted by atomic mass is 10.2. The maximum atomic E-state index is 12.2. The Labute approximate surface area is 127 Å². The van der Waals surface area contributed by atoms with Crippen molar-refractivity contribution in [3.63, 3.8) is 0 Å². The molecule has 0 aliphatic heterocycles. The van der Waals surface area contributed by atoms with Crippen molar-refractivity contribution in [2.75, 3.05) is 6.54 Å². The Morgan fingerprint density at radius 1 is 1.43 bits per heavy atom. The number of nitrogens with one attached hydrogen (secondary N) is 2. The number of aromatic nitrogens is 2. The summed E-state index contributed by atoms with van der Waals surface area (Å²) < 4.78 is 0. The molecule has 2 aromatic heterocycles. The van der Waals surface area contributed by atoms with Crippen LogP contribution in [0.4, 0.5) is 0 Å². The van der Waals surface area contributed by atoms with Gasteiger partial charge < -0.3 is 10.3 Å². The number of benzene rings is 1. The van der Waals surface area contributed by atoms with Crippen molar-refractivity contribution in [1.82, 2.24) is 15.3 Å². The largest absolute Gasteiger partial charge is 0.351 e. The van der Waals surface area contributed by atoms with E-state index in [2.05, 4.69) is 22.2 Å². The predicted molar refractivity (Wildman–Crippen MR) is 85.9 cm³/mol. The van der Waals surface area contributed by atoms with Crippen LogP contribution in [-0.4, -0.2) is 22.4 Å². The third-order valence-electron chi connectivity index (χ3n) is 3.40. The first-order chi connectivity index (χ1) is 10.1. The summed E-state index contributed by atoms with van der Waals surface area (Å²) in [6.45, 7) is 4.64. The summed E-state index contributed by atoms with van der Waals surface area (Å²) in [7, 11) is 0. The molecule has 1 aromatic carbocycles. The minimum absolute atomic E-state index is 0.0775. The van der Waals surface area contributed by atoms with Crippen LogP contribution >= 0.6 is 11.3 Å². The third kappa shape index (κ3) is 2.97. The summed E-state index contributed by atoms with van der Waals surface area (Å²) >= 11 is 1.64. The molecule has 0 fully saturated rings. The van der Waals surface area contributed by atoms with Gasteiger partial charge in [-0.25, -0.2) is 4.98 Å². The minimum atomic E-state index is -0.0775. The van der Waals surface area contributed by atoms with Crippen molar-refractivity contribution in [3.8, 4) is 0 Å². The van der Waals surface area contributed by atoms with Gasteiger partial charge >= 0.3 is 0 Å². The lowest BCUT2D eigenvalue weighted by molar-refractivity contribution is 0.0947. The molecule has 2 N–H and O–H groups in total. The molecule has 0 saturated heterocycles. The molecule has 0 spiro atoms. The molecule has 4 nitrogen and oxygen atoms in total. The smallest absolute Gasteiger partial charge is 0.267 e. The molecule has 0 saturated carbocycles. The SMILES string of the molecule is Cc1csc([C@@H](C)CNC(=O)c2cc3ccccc3[nH]2)n1. The fourth-order valence-electron chi connectivity index (χ4n) is 2.22. The number of rotatable bonds is 4. The van der Waals surface area contributed by atoms with Gasteiger partial charge in [0.05, 0.1) is 5.01 Å². The zero-order chi connectivity index (χ0) is 14.8. The molecule has 0 radical (unpaired) electrons. The van der Waals surface area contributed by atoms with E-state index in [1.807, 2.05) is 42.6 Å². The number of hydrogen-bond acceptors (Lipinski definition) is 3. The number of para-hydroxylation sites is 1. The number of H-pyrrole nitrogens is 1. The predicted octanol–water partition coefficient (Wildman–Crippen LogP) is 3.47. The fraction of sp³-hybridized carbons (Fsp3) is 0.250. The van der Waals surface area contributed by atoms with Gasteiger partial charge in [-0.3, -0.25) is 4.79 Å². The average Bonchev–Trinajstić information content (AvgIpc) is 3.10. The minimum Gasteiger partial charge on any atom is -0.351 e. The highest BCUT2D eigenvalue weighted by molar-refractivity contribution is 7.09. The number of thiazole rings is 1. The Bertz CT molecular complexity index is 742. The lowest BCUT2D eigenvalue weighted by Crippen LogP contribution is -2.27. The van der Waals surface area contributed by atoms with Crippen LogP contribution in [0.1, 0.15) is 34.0 Å². The Balaban J connectivity index is 1.66. The number of carbonyl (C=O) groups is 1. The highest BCUT2D eigenvalue weighted by atomic mass is 32.1. The van der Waals surface area contributed by atoms with E-state index in [9.17, 15) is 4.79 Å². The molecule has 0 aliphatic carbocycles. The summed E-state index contributed by atoms with van der Waals surface area (Å²) in [5.41, 5.74) is 2.61. The Morgan fingerprint density at radius 3 is 2.95 bits per heavy atom. The third-order valence-corrected chi connectivity index (χ3v) is 4.60. The first-order valence-corrected chi connectivity index (χ1v) is 7.79. The molecule has 0 unspecified atom stereocenters. The molecular formula is C16H17N3OS. The average molecular weight is 299 g/mol. The number of nitrogens with zero attached hydrogens (tertiary/aromatic N) is 1. The number of hydrogen-bond donors (Lipinski definition) is 2. The van der Waals surface area contributed by atoms with Gasteiger partial charge in [0.25, 0.3) is 5.91 Å². The van der Waals surface area contributed by atoms with Crippen LogP contribution in [0.25, 0.3) is 10.9 Å². The second-order valence-electron chi connectivity index (χ2n) is 5.21. The van der Waals surface area contributed by atoms with E-state index in [1.165, 1.54) is 0 Å². The van der Waals surface area contributed by atoms with Crippen molar-refractivity contribution in [3.05, 3.63) is 52.1 Å². The summed E-state index contributed by atoms with van der Waals surface area (Å²) in [6, 6.07) is 9.75. The monoisotopic (exact) mass is 299 g/mol. The van der Waals surface area contributed by atoms with Crippen molar-refractivity contribution in [1.29, 1.82) is 0 Å². The molecule has 108 valence electrons. The summed E-state index contributed by atoms with van der Waals surface area (Å²) in [5, 5.41) is 7.10. The first-order valence-electron chi connectivity index (χ1n) is 6.91. The number of amides is 1. The van der Waals surface area contributed by atoms with Crippen molar-refractivity contribution in [2.45, 2.75) is 19.8 Å². The van der Waals surface area contributed by atoms with Gasteiger partial charge in [-0.05, 0) is 19.1 Å². The van der Waals surface area contributed by atoms with Gasteiger partial charge in [-0.1, -0.05) is 25.1 Å². The maximum Gasteiger partial charge on any atom is 0.267 e. The number of fused-ring (bicyclic) bond motifs is 1. The van der Waals surface area contributed by atoms with Crippen LogP contribution in [-0.2, 0) is 0 Å². The highest BCUT2D eigenvalue weighted by Crippen LogP contribution is 2.19. The van der Waals surface area contributed by atoms with E-state index in [4.69, 9.17) is 0 Å². The highest BCUT2D eigenvalue weighted by Gasteiger charge is 2.13. The zero-order valence-electron chi connectivity index (χ0n) is 12.0. The quantitative estimate of drug-likeness (QED) is 0.775. The van der Waals surface area contributed by atoms with E-state index in [0.29, 0.717) is 12.2 Å². The lowest BCUT2D eigenvalue weighted by Gasteiger charge is -2.09. The van der Waals surface area contributed by atoms with Crippen LogP contribution in [0.2, 0.25) is 0 Å². The second kappa shape index (κ2) is 5.69. The van der Waals surface area contributed by atoms with Crippen LogP contribution in [0.3, 0.4) is 0 Å². The summed E-state index contributed by atoms with van der Waals surface area (Å²) in [6.07, 6.45) is 0. The van der Waals surface area contributed by atoms with Crippen LogP contribution in [0.5, 0.6) is 0 Å². The van der Waals surface area contributed by atoms with Crippen molar-refractivity contribution < 1.29 is 4.79 Å². The van der Waals surface area contributed by atoms with Gasteiger partial charge in [0.2, 0.25) is 0 Å². The van der Waals surface area contributed by atoms with E-state index >= 15 is 0 Å². The normalized spacial score (nSPS) is 12.5. The molecular weight excluding hydrogens is 282 g/mol. The summed E-state index contributed by atoms with van der Waals surface area (Å²) in [5.74, 6) is 0.142.